The van der Waals surface area contributed by atoms with E-state index in [0.717, 1.165) is 29.2 Å². The van der Waals surface area contributed by atoms with Crippen LogP contribution < -0.4 is 0 Å². The zero-order chi connectivity index (χ0) is 12.8. The Morgan fingerprint density at radius 2 is 1.79 bits per heavy atom. The second-order valence-electron chi connectivity index (χ2n) is 5.70. The topological polar surface area (TPSA) is 30.7 Å². The molecule has 0 spiro atoms. The number of para-hydroxylation sites is 1. The lowest BCUT2D eigenvalue weighted by atomic mass is 10.0. The first-order chi connectivity index (χ1) is 9.36. The summed E-state index contributed by atoms with van der Waals surface area (Å²) < 4.78 is 2.16. The Bertz CT molecular complexity index is 583. The summed E-state index contributed by atoms with van der Waals surface area (Å²) in [6, 6.07) is 10.3. The normalized spacial score (nSPS) is 28.4. The third kappa shape index (κ3) is 1.88. The third-order valence-electron chi connectivity index (χ3n) is 4.50. The van der Waals surface area contributed by atoms with E-state index in [1.807, 2.05) is 18.2 Å². The molecule has 2 aliphatic carbocycles. The van der Waals surface area contributed by atoms with Crippen LogP contribution in [0.2, 0.25) is 0 Å². The van der Waals surface area contributed by atoms with E-state index in [2.05, 4.69) is 26.9 Å². The van der Waals surface area contributed by atoms with Crippen molar-refractivity contribution in [1.29, 1.82) is 0 Å². The van der Waals surface area contributed by atoms with Crippen molar-refractivity contribution < 1.29 is 0 Å². The Labute approximate surface area is 117 Å². The van der Waals surface area contributed by atoms with Crippen molar-refractivity contribution in [3.8, 4) is 5.69 Å². The van der Waals surface area contributed by atoms with E-state index >= 15 is 0 Å². The van der Waals surface area contributed by atoms with Gasteiger partial charge in [0.15, 0.2) is 5.82 Å². The van der Waals surface area contributed by atoms with Gasteiger partial charge in [-0.15, -0.1) is 21.8 Å². The monoisotopic (exact) mass is 273 g/mol. The van der Waals surface area contributed by atoms with E-state index in [4.69, 9.17) is 11.6 Å². The lowest BCUT2D eigenvalue weighted by Crippen LogP contribution is -2.08. The smallest absolute Gasteiger partial charge is 0.152 e. The summed E-state index contributed by atoms with van der Waals surface area (Å²) in [7, 11) is 0. The quantitative estimate of drug-likeness (QED) is 0.801. The third-order valence-corrected chi connectivity index (χ3v) is 4.74. The minimum atomic E-state index is 0.404. The number of nitrogens with zero attached hydrogens (tertiary/aromatic N) is 3. The highest BCUT2D eigenvalue weighted by atomic mass is 35.5. The van der Waals surface area contributed by atoms with Crippen LogP contribution in [0.4, 0.5) is 0 Å². The van der Waals surface area contributed by atoms with Crippen molar-refractivity contribution in [3.05, 3.63) is 42.0 Å². The van der Waals surface area contributed by atoms with Gasteiger partial charge in [0.25, 0.3) is 0 Å². The number of hydrogen-bond acceptors (Lipinski definition) is 2. The molecule has 2 unspecified atom stereocenters. The fourth-order valence-corrected chi connectivity index (χ4v) is 3.64. The number of benzene rings is 1. The van der Waals surface area contributed by atoms with Gasteiger partial charge in [-0.3, -0.25) is 4.57 Å². The van der Waals surface area contributed by atoms with Crippen molar-refractivity contribution in [1.82, 2.24) is 14.8 Å². The van der Waals surface area contributed by atoms with Crippen LogP contribution in [0, 0.1) is 11.8 Å². The van der Waals surface area contributed by atoms with Crippen LogP contribution in [0.15, 0.2) is 30.3 Å². The largest absolute Gasteiger partial charge is 0.282 e. The molecule has 0 bridgehead atoms. The van der Waals surface area contributed by atoms with Crippen LogP contribution in [0.3, 0.4) is 0 Å². The molecule has 0 saturated heterocycles. The van der Waals surface area contributed by atoms with Crippen LogP contribution in [-0.2, 0) is 5.88 Å². The Balaban J connectivity index is 1.77. The molecule has 2 fully saturated rings. The van der Waals surface area contributed by atoms with Gasteiger partial charge >= 0.3 is 0 Å². The molecule has 1 aromatic carbocycles. The van der Waals surface area contributed by atoms with Gasteiger partial charge < -0.3 is 0 Å². The number of aromatic nitrogens is 3. The standard InChI is InChI=1S/C15H16ClN3/c16-9-14-17-18-15(12-7-10-6-11(10)8-12)19(14)13-4-2-1-3-5-13/h1-5,10-12H,6-9H2. The first-order valence-corrected chi connectivity index (χ1v) is 7.46. The maximum absolute atomic E-state index is 6.02. The second-order valence-corrected chi connectivity index (χ2v) is 5.97. The zero-order valence-electron chi connectivity index (χ0n) is 10.7. The molecule has 0 radical (unpaired) electrons. The van der Waals surface area contributed by atoms with Gasteiger partial charge in [0.05, 0.1) is 5.88 Å². The Hall–Kier alpha value is -1.35. The van der Waals surface area contributed by atoms with Gasteiger partial charge in [-0.2, -0.15) is 0 Å². The second kappa shape index (κ2) is 4.34. The van der Waals surface area contributed by atoms with Crippen LogP contribution >= 0.6 is 11.6 Å². The summed E-state index contributed by atoms with van der Waals surface area (Å²) in [5.41, 5.74) is 1.12. The zero-order valence-corrected chi connectivity index (χ0v) is 11.4. The molecule has 2 saturated carbocycles. The van der Waals surface area contributed by atoms with Crippen molar-refractivity contribution in [2.45, 2.75) is 31.1 Å². The number of alkyl halides is 1. The SMILES string of the molecule is ClCc1nnc(C2CC3CC3C2)n1-c1ccccc1. The van der Waals surface area contributed by atoms with Gasteiger partial charge in [-0.05, 0) is 43.2 Å². The predicted molar refractivity (Wildman–Crippen MR) is 74.5 cm³/mol. The number of fused-ring (bicyclic) bond motifs is 1. The molecular weight excluding hydrogens is 258 g/mol. The molecule has 4 heteroatoms. The number of rotatable bonds is 3. The number of hydrogen-bond donors (Lipinski definition) is 0. The van der Waals surface area contributed by atoms with E-state index in [-0.39, 0.29) is 0 Å². The molecule has 0 N–H and O–H groups in total. The van der Waals surface area contributed by atoms with Crippen LogP contribution in [0.25, 0.3) is 5.69 Å². The minimum Gasteiger partial charge on any atom is -0.282 e. The summed E-state index contributed by atoms with van der Waals surface area (Å²) in [6.45, 7) is 0. The van der Waals surface area contributed by atoms with E-state index in [9.17, 15) is 0 Å². The minimum absolute atomic E-state index is 0.404. The molecule has 2 aliphatic rings. The van der Waals surface area contributed by atoms with Crippen molar-refractivity contribution in [2.75, 3.05) is 0 Å². The average Bonchev–Trinajstić information content (AvgIpc) is 2.92. The van der Waals surface area contributed by atoms with Gasteiger partial charge in [0, 0.05) is 11.6 Å². The number of halogens is 1. The van der Waals surface area contributed by atoms with Crippen molar-refractivity contribution in [3.63, 3.8) is 0 Å². The van der Waals surface area contributed by atoms with Gasteiger partial charge in [-0.25, -0.2) is 0 Å². The molecule has 3 nitrogen and oxygen atoms in total. The summed E-state index contributed by atoms with van der Waals surface area (Å²) in [4.78, 5) is 0. The fourth-order valence-electron chi connectivity index (χ4n) is 3.47. The predicted octanol–water partition coefficient (Wildman–Crippen LogP) is 3.52. The molecule has 19 heavy (non-hydrogen) atoms. The van der Waals surface area contributed by atoms with Gasteiger partial charge in [-0.1, -0.05) is 18.2 Å². The van der Waals surface area contributed by atoms with E-state index in [1.54, 1.807) is 0 Å². The first kappa shape index (κ1) is 11.5. The summed E-state index contributed by atoms with van der Waals surface area (Å²) in [6.07, 6.45) is 3.98. The first-order valence-electron chi connectivity index (χ1n) is 6.92. The van der Waals surface area contributed by atoms with Crippen LogP contribution in [-0.4, -0.2) is 14.8 Å². The van der Waals surface area contributed by atoms with Gasteiger partial charge in [0.1, 0.15) is 5.82 Å². The molecule has 2 atom stereocenters. The molecule has 1 aromatic heterocycles. The summed E-state index contributed by atoms with van der Waals surface area (Å²) in [5, 5.41) is 8.71. The molecule has 4 rings (SSSR count). The lowest BCUT2D eigenvalue weighted by Gasteiger charge is -2.14. The molecule has 0 aliphatic heterocycles. The Morgan fingerprint density at radius 1 is 1.05 bits per heavy atom. The molecule has 2 aromatic rings. The average molecular weight is 274 g/mol. The van der Waals surface area contributed by atoms with E-state index in [1.165, 1.54) is 19.3 Å². The highest BCUT2D eigenvalue weighted by Gasteiger charge is 2.47. The van der Waals surface area contributed by atoms with Crippen LogP contribution in [0.5, 0.6) is 0 Å². The lowest BCUT2D eigenvalue weighted by molar-refractivity contribution is 0.577. The maximum Gasteiger partial charge on any atom is 0.152 e. The fraction of sp³-hybridized carbons (Fsp3) is 0.467. The maximum atomic E-state index is 6.02. The van der Waals surface area contributed by atoms with E-state index < -0.39 is 0 Å². The highest BCUT2D eigenvalue weighted by Crippen LogP contribution is 2.57. The molecule has 98 valence electrons. The summed E-state index contributed by atoms with van der Waals surface area (Å²) in [5.74, 6) is 4.82. The summed E-state index contributed by atoms with van der Waals surface area (Å²) >= 11 is 6.02. The molecule has 1 heterocycles. The molecule has 0 amide bonds. The van der Waals surface area contributed by atoms with Crippen molar-refractivity contribution >= 4 is 11.6 Å². The van der Waals surface area contributed by atoms with Gasteiger partial charge in [0.2, 0.25) is 0 Å². The Morgan fingerprint density at radius 3 is 2.47 bits per heavy atom. The highest BCUT2D eigenvalue weighted by molar-refractivity contribution is 6.16. The Kier molecular flexibility index (Phi) is 2.62. The van der Waals surface area contributed by atoms with Crippen molar-refractivity contribution in [2.24, 2.45) is 11.8 Å². The van der Waals surface area contributed by atoms with E-state index in [0.29, 0.717) is 11.8 Å². The van der Waals surface area contributed by atoms with Crippen LogP contribution in [0.1, 0.15) is 36.8 Å². The molecular formula is C15H16ClN3.